The Balaban J connectivity index is 1.66. The highest BCUT2D eigenvalue weighted by Crippen LogP contribution is 2.30. The average molecular weight is 401 g/mol. The summed E-state index contributed by atoms with van der Waals surface area (Å²) >= 11 is 0. The summed E-state index contributed by atoms with van der Waals surface area (Å²) in [6.45, 7) is 5.06. The van der Waals surface area contributed by atoms with Crippen molar-refractivity contribution in [1.29, 1.82) is 0 Å². The molecule has 1 amide bonds. The molecule has 0 aliphatic heterocycles. The molecule has 3 rings (SSSR count). The number of carbonyl (C=O) groups excluding carboxylic acids is 1. The van der Waals surface area contributed by atoms with Crippen molar-refractivity contribution in [2.45, 2.75) is 43.9 Å². The number of hydrogen-bond donors (Lipinski definition) is 1. The van der Waals surface area contributed by atoms with E-state index in [-0.39, 0.29) is 10.8 Å². The van der Waals surface area contributed by atoms with Crippen LogP contribution in [0.3, 0.4) is 0 Å². The molecule has 0 unspecified atom stereocenters. The molecule has 2 aromatic rings. The lowest BCUT2D eigenvalue weighted by atomic mass is 9.83. The Kier molecular flexibility index (Phi) is 6.52. The molecule has 1 atom stereocenters. The summed E-state index contributed by atoms with van der Waals surface area (Å²) in [6, 6.07) is 14.6. The van der Waals surface area contributed by atoms with E-state index in [1.54, 1.807) is 12.1 Å². The van der Waals surface area contributed by atoms with Gasteiger partial charge in [0, 0.05) is 31.1 Å². The zero-order valence-electron chi connectivity index (χ0n) is 16.5. The van der Waals surface area contributed by atoms with E-state index in [1.807, 2.05) is 19.9 Å². The normalized spacial score (nSPS) is 16.6. The lowest BCUT2D eigenvalue weighted by Gasteiger charge is -2.25. The Morgan fingerprint density at radius 2 is 1.75 bits per heavy atom. The van der Waals surface area contributed by atoms with Gasteiger partial charge in [-0.3, -0.25) is 4.79 Å². The Hall–Kier alpha value is -2.18. The van der Waals surface area contributed by atoms with E-state index < -0.39 is 10.0 Å². The van der Waals surface area contributed by atoms with Crippen LogP contribution >= 0.6 is 0 Å². The number of aryl methyl sites for hydroxylation is 1. The van der Waals surface area contributed by atoms with Gasteiger partial charge in [-0.2, -0.15) is 4.31 Å². The van der Waals surface area contributed by atoms with Crippen LogP contribution < -0.4 is 5.32 Å². The zero-order chi connectivity index (χ0) is 20.1. The van der Waals surface area contributed by atoms with Crippen LogP contribution in [0.15, 0.2) is 53.4 Å². The fourth-order valence-electron chi connectivity index (χ4n) is 3.88. The van der Waals surface area contributed by atoms with Gasteiger partial charge >= 0.3 is 0 Å². The second-order valence-corrected chi connectivity index (χ2v) is 9.05. The lowest BCUT2D eigenvalue weighted by Crippen LogP contribution is -2.31. The van der Waals surface area contributed by atoms with Crippen molar-refractivity contribution in [3.8, 4) is 0 Å². The molecule has 0 bridgehead atoms. The van der Waals surface area contributed by atoms with Gasteiger partial charge in [-0.25, -0.2) is 8.42 Å². The van der Waals surface area contributed by atoms with E-state index in [0.717, 1.165) is 19.3 Å². The summed E-state index contributed by atoms with van der Waals surface area (Å²) in [5.41, 5.74) is 3.18. The van der Waals surface area contributed by atoms with E-state index in [1.165, 1.54) is 27.6 Å². The SMILES string of the molecule is CCN(CC)S(=O)(=O)c1ccc(C(=O)NC[C@@H]2CCCc3ccccc32)cc1. The summed E-state index contributed by atoms with van der Waals surface area (Å²) in [7, 11) is -3.50. The molecule has 0 fully saturated rings. The molecule has 0 radical (unpaired) electrons. The third kappa shape index (κ3) is 4.28. The van der Waals surface area contributed by atoms with E-state index in [4.69, 9.17) is 0 Å². The fourth-order valence-corrected chi connectivity index (χ4v) is 5.33. The monoisotopic (exact) mass is 400 g/mol. The standard InChI is InChI=1S/C22H28N2O3S/c1-3-24(4-2)28(26,27)20-14-12-18(13-15-20)22(25)23-16-19-10-7-9-17-8-5-6-11-21(17)19/h5-6,8,11-15,19H,3-4,7,9-10,16H2,1-2H3,(H,23,25)/t19-/m0/s1. The van der Waals surface area contributed by atoms with Gasteiger partial charge in [-0.15, -0.1) is 0 Å². The number of benzene rings is 2. The van der Waals surface area contributed by atoms with Crippen LogP contribution in [0.2, 0.25) is 0 Å². The molecular formula is C22H28N2O3S. The fraction of sp³-hybridized carbons (Fsp3) is 0.409. The maximum absolute atomic E-state index is 12.6. The van der Waals surface area contributed by atoms with Gasteiger partial charge in [0.15, 0.2) is 0 Å². The summed E-state index contributed by atoms with van der Waals surface area (Å²) in [4.78, 5) is 12.8. The number of nitrogens with one attached hydrogen (secondary N) is 1. The number of fused-ring (bicyclic) bond motifs is 1. The summed E-state index contributed by atoms with van der Waals surface area (Å²) in [5.74, 6) is 0.158. The quantitative estimate of drug-likeness (QED) is 0.773. The van der Waals surface area contributed by atoms with Crippen LogP contribution in [0.25, 0.3) is 0 Å². The minimum atomic E-state index is -3.50. The van der Waals surface area contributed by atoms with Gasteiger partial charge in [-0.05, 0) is 54.7 Å². The molecule has 1 aliphatic carbocycles. The van der Waals surface area contributed by atoms with Crippen molar-refractivity contribution >= 4 is 15.9 Å². The van der Waals surface area contributed by atoms with Crippen molar-refractivity contribution in [3.05, 3.63) is 65.2 Å². The summed E-state index contributed by atoms with van der Waals surface area (Å²) in [6.07, 6.45) is 3.30. The summed E-state index contributed by atoms with van der Waals surface area (Å²) < 4.78 is 26.5. The molecule has 2 aromatic carbocycles. The van der Waals surface area contributed by atoms with Crippen LogP contribution in [0.5, 0.6) is 0 Å². The number of rotatable bonds is 7. The van der Waals surface area contributed by atoms with Gasteiger partial charge in [0.25, 0.3) is 5.91 Å². The molecule has 28 heavy (non-hydrogen) atoms. The van der Waals surface area contributed by atoms with Gasteiger partial charge in [0.05, 0.1) is 4.90 Å². The van der Waals surface area contributed by atoms with E-state index in [9.17, 15) is 13.2 Å². The van der Waals surface area contributed by atoms with Crippen molar-refractivity contribution in [1.82, 2.24) is 9.62 Å². The van der Waals surface area contributed by atoms with Crippen molar-refractivity contribution in [3.63, 3.8) is 0 Å². The highest BCUT2D eigenvalue weighted by molar-refractivity contribution is 7.89. The largest absolute Gasteiger partial charge is 0.351 e. The predicted octanol–water partition coefficient (Wildman–Crippen LogP) is 3.57. The van der Waals surface area contributed by atoms with Crippen LogP contribution in [-0.4, -0.2) is 38.3 Å². The Bertz CT molecular complexity index is 919. The number of amides is 1. The molecule has 0 saturated heterocycles. The molecule has 1 N–H and O–H groups in total. The number of carbonyl (C=O) groups is 1. The highest BCUT2D eigenvalue weighted by Gasteiger charge is 2.23. The van der Waals surface area contributed by atoms with Crippen LogP contribution in [0.1, 0.15) is 54.1 Å². The predicted molar refractivity (Wildman–Crippen MR) is 111 cm³/mol. The van der Waals surface area contributed by atoms with E-state index in [0.29, 0.717) is 31.1 Å². The molecule has 0 aromatic heterocycles. The zero-order valence-corrected chi connectivity index (χ0v) is 17.3. The van der Waals surface area contributed by atoms with Crippen LogP contribution in [0, 0.1) is 0 Å². The van der Waals surface area contributed by atoms with Crippen molar-refractivity contribution in [2.24, 2.45) is 0 Å². The molecule has 6 heteroatoms. The van der Waals surface area contributed by atoms with Crippen molar-refractivity contribution < 1.29 is 13.2 Å². The number of nitrogens with zero attached hydrogens (tertiary/aromatic N) is 1. The van der Waals surface area contributed by atoms with Gasteiger partial charge in [0.1, 0.15) is 0 Å². The topological polar surface area (TPSA) is 66.5 Å². The lowest BCUT2D eigenvalue weighted by molar-refractivity contribution is 0.0950. The molecule has 5 nitrogen and oxygen atoms in total. The Labute approximate surface area is 167 Å². The Morgan fingerprint density at radius 3 is 2.43 bits per heavy atom. The third-order valence-electron chi connectivity index (χ3n) is 5.46. The van der Waals surface area contributed by atoms with Crippen LogP contribution in [-0.2, 0) is 16.4 Å². The van der Waals surface area contributed by atoms with E-state index in [2.05, 4.69) is 23.5 Å². The van der Waals surface area contributed by atoms with Gasteiger partial charge in [-0.1, -0.05) is 38.1 Å². The van der Waals surface area contributed by atoms with Gasteiger partial charge in [0.2, 0.25) is 10.0 Å². The summed E-state index contributed by atoms with van der Waals surface area (Å²) in [5, 5.41) is 3.01. The molecule has 1 aliphatic rings. The smallest absolute Gasteiger partial charge is 0.251 e. The van der Waals surface area contributed by atoms with E-state index >= 15 is 0 Å². The second kappa shape index (κ2) is 8.88. The molecule has 0 spiro atoms. The number of sulfonamides is 1. The molecular weight excluding hydrogens is 372 g/mol. The molecule has 0 heterocycles. The third-order valence-corrected chi connectivity index (χ3v) is 7.53. The highest BCUT2D eigenvalue weighted by atomic mass is 32.2. The molecule has 150 valence electrons. The maximum atomic E-state index is 12.6. The average Bonchev–Trinajstić information content (AvgIpc) is 2.72. The first kappa shape index (κ1) is 20.6. The minimum absolute atomic E-state index is 0.171. The minimum Gasteiger partial charge on any atom is -0.351 e. The first-order valence-electron chi connectivity index (χ1n) is 9.93. The van der Waals surface area contributed by atoms with Crippen molar-refractivity contribution in [2.75, 3.05) is 19.6 Å². The second-order valence-electron chi connectivity index (χ2n) is 7.11. The molecule has 0 saturated carbocycles. The Morgan fingerprint density at radius 1 is 1.07 bits per heavy atom. The van der Waals surface area contributed by atoms with Crippen LogP contribution in [0.4, 0.5) is 0 Å². The number of hydrogen-bond acceptors (Lipinski definition) is 3. The first-order valence-corrected chi connectivity index (χ1v) is 11.4. The maximum Gasteiger partial charge on any atom is 0.251 e. The van der Waals surface area contributed by atoms with Gasteiger partial charge < -0.3 is 5.32 Å². The first-order chi connectivity index (χ1) is 13.5.